The van der Waals surface area contributed by atoms with Crippen molar-refractivity contribution in [1.82, 2.24) is 68.7 Å². The molecule has 3 spiro atoms. The van der Waals surface area contributed by atoms with Gasteiger partial charge in [-0.25, -0.2) is 52.7 Å². The summed E-state index contributed by atoms with van der Waals surface area (Å²) in [5.41, 5.74) is 16.1. The molecule has 42 nitrogen and oxygen atoms in total. The Bertz CT molecular complexity index is 6280. The fourth-order valence-electron chi connectivity index (χ4n) is 16.6. The molecule has 6 atom stereocenters. The van der Waals surface area contributed by atoms with Crippen LogP contribution in [0.4, 0.5) is 40.6 Å². The number of nitrogens with one attached hydrogen (secondary N) is 3. The Hall–Kier alpha value is -11.7. The van der Waals surface area contributed by atoms with Gasteiger partial charge < -0.3 is 73.2 Å². The minimum absolute atomic E-state index is 0. The van der Waals surface area contributed by atoms with Gasteiger partial charge in [-0.2, -0.15) is 5.53 Å². The molecule has 0 bridgehead atoms. The van der Waals surface area contributed by atoms with Gasteiger partial charge in [0.2, 0.25) is 17.8 Å². The number of fused-ring (bicyclic) bond motifs is 6. The van der Waals surface area contributed by atoms with Crippen molar-refractivity contribution in [2.75, 3.05) is 73.8 Å². The Morgan fingerprint density at radius 3 is 1.22 bits per heavy atom. The second-order valence-corrected chi connectivity index (χ2v) is 36.9. The monoisotopic (exact) mass is 1940 g/mol. The van der Waals surface area contributed by atoms with Gasteiger partial charge in [0.25, 0.3) is 0 Å². The van der Waals surface area contributed by atoms with Gasteiger partial charge in [0, 0.05) is 166 Å². The maximum absolute atomic E-state index is 14.0. The molecule has 6 saturated heterocycles. The Kier molecular flexibility index (Phi) is 32.5. The van der Waals surface area contributed by atoms with Crippen LogP contribution in [-0.4, -0.2) is 177 Å². The molecule has 6 fully saturated rings. The first-order valence-corrected chi connectivity index (χ1v) is 44.3. The van der Waals surface area contributed by atoms with Gasteiger partial charge in [-0.05, 0) is 247 Å². The van der Waals surface area contributed by atoms with Crippen LogP contribution in [0.2, 0.25) is 0 Å². The molecule has 0 saturated carbocycles. The van der Waals surface area contributed by atoms with Crippen molar-refractivity contribution in [2.45, 2.75) is 173 Å². The number of piperidine rings is 3. The first kappa shape index (κ1) is 97.8. The van der Waals surface area contributed by atoms with E-state index in [1.165, 1.54) is 59.9 Å². The van der Waals surface area contributed by atoms with E-state index in [1.54, 1.807) is 67.6 Å². The summed E-state index contributed by atoms with van der Waals surface area (Å²) in [6, 6.07) is 19.3. The number of aromatic nitrogens is 12. The normalized spacial score (nSPS) is 20.0. The van der Waals surface area contributed by atoms with E-state index < -0.39 is 17.3 Å². The van der Waals surface area contributed by atoms with Crippen LogP contribution >= 0.6 is 39.5 Å². The molecule has 9 aromatic heterocycles. The topological polar surface area (TPSA) is 505 Å². The third-order valence-electron chi connectivity index (χ3n) is 23.0. The van der Waals surface area contributed by atoms with Crippen molar-refractivity contribution in [1.29, 1.82) is 5.53 Å². The van der Waals surface area contributed by atoms with Crippen LogP contribution in [0, 0.1) is 39.2 Å². The zero-order valence-electron chi connectivity index (χ0n) is 73.6. The summed E-state index contributed by atoms with van der Waals surface area (Å²) in [5.74, 6) is 6.32. The van der Waals surface area contributed by atoms with Gasteiger partial charge in [0.05, 0.1) is 76.6 Å². The summed E-state index contributed by atoms with van der Waals surface area (Å²) >= 11 is 11.7. The van der Waals surface area contributed by atoms with Crippen molar-refractivity contribution in [3.63, 3.8) is 0 Å². The number of hydrogen-bond acceptors (Lipinski definition) is 25. The van der Waals surface area contributed by atoms with Crippen LogP contribution in [0.5, 0.6) is 0 Å². The zero-order valence-corrected chi connectivity index (χ0v) is 79.6. The second kappa shape index (κ2) is 43.8. The Morgan fingerprint density at radius 2 is 0.826 bits per heavy atom. The molecule has 0 radical (unpaired) electrons. The summed E-state index contributed by atoms with van der Waals surface area (Å²) in [7, 11) is 0. The number of hydrogen-bond donors (Lipinski definition) is 5. The molecule has 18 rings (SSSR count). The number of anilines is 3. The van der Waals surface area contributed by atoms with E-state index in [4.69, 9.17) is 57.5 Å². The van der Waals surface area contributed by atoms with Gasteiger partial charge in [0.15, 0.2) is 11.3 Å². The van der Waals surface area contributed by atoms with E-state index in [-0.39, 0.29) is 106 Å². The number of halogens is 4. The molecule has 50 heteroatoms. The number of amides is 2. The van der Waals surface area contributed by atoms with Crippen molar-refractivity contribution in [2.24, 2.45) is 106 Å². The first-order valence-electron chi connectivity index (χ1n) is 41.5. The van der Waals surface area contributed by atoms with E-state index in [9.17, 15) is 22.8 Å². The molecule has 6 aliphatic rings. The molecule has 0 unspecified atom stereocenters. The van der Waals surface area contributed by atoms with Crippen molar-refractivity contribution >= 4 is 132 Å². The minimum Gasteiger partial charge on any atom is -0.775 e. The number of rotatable bonds is 16. The van der Waals surface area contributed by atoms with E-state index in [0.717, 1.165) is 176 Å². The van der Waals surface area contributed by atoms with Gasteiger partial charge in [-0.15, -0.1) is 4.90 Å². The molecular weight excluding hydrogens is 1840 g/mol. The van der Waals surface area contributed by atoms with Crippen LogP contribution in [0.1, 0.15) is 101 Å². The molecule has 6 aliphatic heterocycles. The fourth-order valence-corrected chi connectivity index (χ4v) is 19.2. The Morgan fingerprint density at radius 1 is 0.477 bits per heavy atom. The SMILES string of the molecule is C[C@@H]1OCC2(CCN(c3ncc(Sc4ccnc5ccc(F)cc45)c4nccn34)CC2)[C@@H]1N.C[C@@H]1OCC2(CCN(c3ncc(Sc4ccnc5ccc(F)cc45)c4nccn34)CC2)[C@@H]1NC(=O)OC(C)(C)C.C[C@@H]1OCC2(CCN(c3ncc([S-])c4nccn34)CC2)[C@@H]1NC(=O)OC(C)(C)C.Fc1ccc2nccc(Br)c2c1.N=N/N=N/N=N/N=N/N=N/N=N/N=N/N=N/N.[Na+]. The van der Waals surface area contributed by atoms with Crippen molar-refractivity contribution < 1.29 is 76.0 Å². The van der Waals surface area contributed by atoms with E-state index in [1.807, 2.05) is 112 Å². The first-order chi connectivity index (χ1) is 63.0. The zero-order chi connectivity index (χ0) is 92.6. The summed E-state index contributed by atoms with van der Waals surface area (Å²) < 4.78 is 76.4. The van der Waals surface area contributed by atoms with Gasteiger partial charge in [0.1, 0.15) is 34.3 Å². The summed E-state index contributed by atoms with van der Waals surface area (Å²) in [6.07, 6.45) is 26.3. The third kappa shape index (κ3) is 23.7. The van der Waals surface area contributed by atoms with Crippen LogP contribution in [-0.2, 0) is 36.3 Å². The molecule has 686 valence electrons. The molecule has 132 heavy (non-hydrogen) atoms. The van der Waals surface area contributed by atoms with Crippen LogP contribution < -0.4 is 66.5 Å². The van der Waals surface area contributed by atoms with Gasteiger partial charge in [-0.3, -0.25) is 28.2 Å². The maximum atomic E-state index is 14.0. The molecule has 12 aromatic rings. The minimum atomic E-state index is -0.559. The molecular formula is C82H94BrF3N35NaO7S3. The van der Waals surface area contributed by atoms with Gasteiger partial charge >= 0.3 is 41.7 Å². The molecule has 15 heterocycles. The average Bonchev–Trinajstić information content (AvgIpc) is 1.59. The molecule has 0 aliphatic carbocycles. The Balaban J connectivity index is 0.000000147. The third-order valence-corrected chi connectivity index (χ3v) is 26.1. The standard InChI is InChI=1S/C29H33FN6O3S.C24H25FN6OS.C20H29N5O3S.C9H5BrFN.H3N17.Na/c1-18-24(34-27(37)39-28(2,3)4)29(17-38-18)8-12-35(13-9-29)26-33-16-23(25-32-11-14-36(25)26)40-22-7-10-31-21-6-5-19(30)15-20(21)22;1-15-21(26)24(14-32-15)5-9-30(10-6-24)23-29-13-20(22-28-8-11-31(22)23)33-19-4-7-27-18-3-2-16(25)12-17(18)19;1-13-15(23-18(26)28-19(2,3)4)20(12-27-13)5-8-24(9-6-20)17-22-11-14(29)16-21-7-10-25(16)17;10-8-3-4-12-9-2-1-6(11)5-7(8)9;1-3-5-7-9-11-13-15-17-16-14-12-10-8-6-4-2;/h5-7,10-11,14-16,18,24H,8-9,12-13,17H2,1-4H3,(H,34,37);2-4,7-8,11-13,15,21H,5-6,9-10,14,26H2,1H3;7,10-11,13,15,29H,5-6,8-9,12H2,1-4H3,(H,23,26);1-5H;(H3,1,2,5,6,9,10,13,14,17);/q;;;;;+1/p-1/t18-,24+;15-,21+;13-,15+;;;/m000.../s1. The summed E-state index contributed by atoms with van der Waals surface area (Å²) in [6.45, 7) is 24.2. The largest absolute Gasteiger partial charge is 1.00 e. The number of carbonyl (C=O) groups excluding carboxylic acids is 2. The number of carbonyl (C=O) groups is 2. The number of imidazole rings is 3. The second-order valence-electron chi connectivity index (χ2n) is 33.5. The van der Waals surface area contributed by atoms with Crippen LogP contribution in [0.25, 0.3) is 49.7 Å². The molecule has 3 aromatic carbocycles. The maximum Gasteiger partial charge on any atom is 1.00 e. The molecule has 2 amide bonds. The Labute approximate surface area is 798 Å². The number of benzene rings is 3. The van der Waals surface area contributed by atoms with Crippen LogP contribution in [0.3, 0.4) is 0 Å². The van der Waals surface area contributed by atoms with E-state index >= 15 is 0 Å². The quantitative estimate of drug-likeness (QED) is 0.0197. The van der Waals surface area contributed by atoms with Crippen molar-refractivity contribution in [3.05, 3.63) is 169 Å². The smallest absolute Gasteiger partial charge is 0.775 e. The fraction of sp³-hybridized carbons (Fsp3) is 0.427. The summed E-state index contributed by atoms with van der Waals surface area (Å²) in [4.78, 5) is 76.7. The number of ether oxygens (including phenoxy) is 5. The number of nitrogens with two attached hydrogens (primary N) is 2. The summed E-state index contributed by atoms with van der Waals surface area (Å²) in [5, 5.41) is 51.8. The van der Waals surface area contributed by atoms with Gasteiger partial charge in [-0.1, -0.05) is 44.7 Å². The van der Waals surface area contributed by atoms with E-state index in [2.05, 4.69) is 167 Å². The van der Waals surface area contributed by atoms with Crippen LogP contribution in [0.15, 0.2) is 254 Å². The van der Waals surface area contributed by atoms with E-state index in [0.29, 0.717) is 18.1 Å². The number of nitrogens with zero attached hydrogens (tertiary/aromatic N) is 30. The number of pyridine rings is 3. The predicted molar refractivity (Wildman–Crippen MR) is 481 cm³/mol. The predicted octanol–water partition coefficient (Wildman–Crippen LogP) is 14.5. The molecule has 7 N–H and O–H groups in total. The average molecular weight is 1940 g/mol. The number of alkyl carbamates (subject to hydrolysis) is 2. The van der Waals surface area contributed by atoms with Crippen molar-refractivity contribution in [3.8, 4) is 0 Å².